The Morgan fingerprint density at radius 1 is 1.39 bits per heavy atom. The predicted octanol–water partition coefficient (Wildman–Crippen LogP) is 2.80. The Morgan fingerprint density at radius 3 is 3.04 bits per heavy atom. The van der Waals surface area contributed by atoms with E-state index < -0.39 is 6.10 Å². The van der Waals surface area contributed by atoms with Crippen LogP contribution in [-0.4, -0.2) is 46.3 Å². The first-order valence-corrected chi connectivity index (χ1v) is 8.46. The van der Waals surface area contributed by atoms with Crippen molar-refractivity contribution >= 4 is 22.2 Å². The van der Waals surface area contributed by atoms with Crippen LogP contribution in [0.1, 0.15) is 10.7 Å². The second kappa shape index (κ2) is 7.12. The third-order valence-electron chi connectivity index (χ3n) is 3.58. The Balaban J connectivity index is 1.51. The number of aliphatic hydroxyl groups is 1. The Labute approximate surface area is 139 Å². The average molecular weight is 331 g/mol. The quantitative estimate of drug-likeness (QED) is 0.699. The number of ether oxygens (including phenoxy) is 1. The number of aryl methyl sites for hydroxylation is 1. The zero-order valence-corrected chi connectivity index (χ0v) is 14.1. The molecule has 0 spiro atoms. The normalized spacial score (nSPS) is 12.9. The average Bonchev–Trinajstić information content (AvgIpc) is 3.14. The number of thiazole rings is 1. The highest BCUT2D eigenvalue weighted by atomic mass is 32.1. The molecule has 2 aromatic heterocycles. The van der Waals surface area contributed by atoms with Gasteiger partial charge in [0.1, 0.15) is 23.5 Å². The number of aromatic amines is 1. The topological polar surface area (TPSA) is 61.4 Å². The van der Waals surface area contributed by atoms with E-state index in [0.29, 0.717) is 6.54 Å². The van der Waals surface area contributed by atoms with Crippen molar-refractivity contribution in [3.8, 4) is 5.75 Å². The largest absolute Gasteiger partial charge is 0.490 e. The van der Waals surface area contributed by atoms with Crippen molar-refractivity contribution in [2.24, 2.45) is 0 Å². The molecule has 122 valence electrons. The molecule has 0 radical (unpaired) electrons. The van der Waals surface area contributed by atoms with E-state index in [1.165, 1.54) is 0 Å². The van der Waals surface area contributed by atoms with E-state index in [9.17, 15) is 5.11 Å². The van der Waals surface area contributed by atoms with Gasteiger partial charge in [-0.2, -0.15) is 0 Å². The summed E-state index contributed by atoms with van der Waals surface area (Å²) in [5.41, 5.74) is 2.08. The zero-order chi connectivity index (χ0) is 16.2. The maximum Gasteiger partial charge on any atom is 0.128 e. The molecule has 2 heterocycles. The summed E-state index contributed by atoms with van der Waals surface area (Å²) < 4.78 is 5.78. The summed E-state index contributed by atoms with van der Waals surface area (Å²) >= 11 is 1.65. The predicted molar refractivity (Wildman–Crippen MR) is 93.0 cm³/mol. The van der Waals surface area contributed by atoms with Crippen molar-refractivity contribution in [1.29, 1.82) is 0 Å². The number of hydrogen-bond donors (Lipinski definition) is 2. The van der Waals surface area contributed by atoms with E-state index in [2.05, 4.69) is 14.9 Å². The van der Waals surface area contributed by atoms with E-state index in [0.717, 1.165) is 33.9 Å². The van der Waals surface area contributed by atoms with Gasteiger partial charge in [-0.05, 0) is 32.2 Å². The van der Waals surface area contributed by atoms with Crippen molar-refractivity contribution in [2.45, 2.75) is 19.6 Å². The Morgan fingerprint density at radius 2 is 2.26 bits per heavy atom. The summed E-state index contributed by atoms with van der Waals surface area (Å²) in [6.07, 6.45) is 1.34. The standard InChI is InChI=1S/C17H21N3O2S/c1-12-11-23-17(19-12)9-20(2)8-13(21)10-22-16-5-3-4-15-14(16)6-7-18-15/h3-7,11,13,18,21H,8-10H2,1-2H3/t13-/m1/s1. The minimum atomic E-state index is -0.546. The summed E-state index contributed by atoms with van der Waals surface area (Å²) in [6, 6.07) is 7.85. The molecule has 0 saturated heterocycles. The van der Waals surface area contributed by atoms with Gasteiger partial charge in [0.2, 0.25) is 0 Å². The summed E-state index contributed by atoms with van der Waals surface area (Å²) in [4.78, 5) is 9.65. The maximum absolute atomic E-state index is 10.2. The van der Waals surface area contributed by atoms with Crippen molar-refractivity contribution in [3.05, 3.63) is 46.5 Å². The lowest BCUT2D eigenvalue weighted by Gasteiger charge is -2.20. The Kier molecular flexibility index (Phi) is 4.95. The molecule has 1 aromatic carbocycles. The molecule has 6 heteroatoms. The molecule has 0 unspecified atom stereocenters. The van der Waals surface area contributed by atoms with E-state index in [1.54, 1.807) is 11.3 Å². The number of rotatable bonds is 7. The van der Waals surface area contributed by atoms with Crippen LogP contribution in [-0.2, 0) is 6.54 Å². The van der Waals surface area contributed by atoms with Crippen LogP contribution < -0.4 is 4.74 Å². The van der Waals surface area contributed by atoms with Crippen molar-refractivity contribution in [1.82, 2.24) is 14.9 Å². The molecule has 1 atom stereocenters. The van der Waals surface area contributed by atoms with Crippen LogP contribution in [0.3, 0.4) is 0 Å². The number of H-pyrrole nitrogens is 1. The van der Waals surface area contributed by atoms with Crippen molar-refractivity contribution < 1.29 is 9.84 Å². The number of nitrogens with one attached hydrogen (secondary N) is 1. The van der Waals surface area contributed by atoms with Gasteiger partial charge in [0, 0.05) is 34.7 Å². The Bertz CT molecular complexity index is 768. The number of aliphatic hydroxyl groups excluding tert-OH is 1. The number of fused-ring (bicyclic) bond motifs is 1. The van der Waals surface area contributed by atoms with Crippen LogP contribution >= 0.6 is 11.3 Å². The molecular weight excluding hydrogens is 310 g/mol. The number of nitrogens with zero attached hydrogens (tertiary/aromatic N) is 2. The molecule has 5 nitrogen and oxygen atoms in total. The first kappa shape index (κ1) is 16.0. The third kappa shape index (κ3) is 4.10. The van der Waals surface area contributed by atoms with Gasteiger partial charge in [-0.15, -0.1) is 11.3 Å². The fourth-order valence-corrected chi connectivity index (χ4v) is 3.40. The molecular formula is C17H21N3O2S. The number of hydrogen-bond acceptors (Lipinski definition) is 5. The van der Waals surface area contributed by atoms with Crippen molar-refractivity contribution in [3.63, 3.8) is 0 Å². The molecule has 0 aliphatic carbocycles. The lowest BCUT2D eigenvalue weighted by atomic mass is 10.2. The SMILES string of the molecule is Cc1csc(CN(C)C[C@@H](O)COc2cccc3[nH]ccc23)n1. The molecule has 3 rings (SSSR count). The molecule has 0 saturated carbocycles. The lowest BCUT2D eigenvalue weighted by Crippen LogP contribution is -2.32. The summed E-state index contributed by atoms with van der Waals surface area (Å²) in [5, 5.41) is 14.3. The molecule has 23 heavy (non-hydrogen) atoms. The fraction of sp³-hybridized carbons (Fsp3) is 0.353. The van der Waals surface area contributed by atoms with Gasteiger partial charge < -0.3 is 14.8 Å². The summed E-state index contributed by atoms with van der Waals surface area (Å²) in [7, 11) is 1.98. The van der Waals surface area contributed by atoms with Crippen LogP contribution in [0.5, 0.6) is 5.75 Å². The molecule has 2 N–H and O–H groups in total. The number of likely N-dealkylation sites (N-methyl/N-ethyl adjacent to an activating group) is 1. The Hall–Kier alpha value is -1.89. The van der Waals surface area contributed by atoms with Gasteiger partial charge >= 0.3 is 0 Å². The highest BCUT2D eigenvalue weighted by molar-refractivity contribution is 7.09. The minimum Gasteiger partial charge on any atom is -0.490 e. The first-order valence-electron chi connectivity index (χ1n) is 7.58. The van der Waals surface area contributed by atoms with Gasteiger partial charge in [0.05, 0.1) is 6.54 Å². The van der Waals surface area contributed by atoms with Crippen LogP contribution in [0.2, 0.25) is 0 Å². The molecule has 0 aliphatic heterocycles. The first-order chi connectivity index (χ1) is 11.1. The second-order valence-corrected chi connectivity index (χ2v) is 6.68. The monoisotopic (exact) mass is 331 g/mol. The summed E-state index contributed by atoms with van der Waals surface area (Å²) in [5.74, 6) is 0.793. The van der Waals surface area contributed by atoms with E-state index in [-0.39, 0.29) is 6.61 Å². The van der Waals surface area contributed by atoms with E-state index >= 15 is 0 Å². The zero-order valence-electron chi connectivity index (χ0n) is 13.3. The number of aromatic nitrogens is 2. The molecule has 0 amide bonds. The van der Waals surface area contributed by atoms with Crippen molar-refractivity contribution in [2.75, 3.05) is 20.2 Å². The second-order valence-electron chi connectivity index (χ2n) is 5.74. The third-order valence-corrected chi connectivity index (χ3v) is 4.53. The minimum absolute atomic E-state index is 0.269. The smallest absolute Gasteiger partial charge is 0.128 e. The summed E-state index contributed by atoms with van der Waals surface area (Å²) in [6.45, 7) is 3.54. The van der Waals surface area contributed by atoms with Crippen LogP contribution in [0.15, 0.2) is 35.8 Å². The molecule has 0 aliphatic rings. The van der Waals surface area contributed by atoms with Gasteiger partial charge in [-0.1, -0.05) is 6.07 Å². The van der Waals surface area contributed by atoms with Gasteiger partial charge in [0.15, 0.2) is 0 Å². The van der Waals surface area contributed by atoms with Crippen LogP contribution in [0.4, 0.5) is 0 Å². The van der Waals surface area contributed by atoms with Gasteiger partial charge in [-0.25, -0.2) is 4.98 Å². The van der Waals surface area contributed by atoms with E-state index in [4.69, 9.17) is 4.74 Å². The number of benzene rings is 1. The van der Waals surface area contributed by atoms with E-state index in [1.807, 2.05) is 49.8 Å². The highest BCUT2D eigenvalue weighted by Gasteiger charge is 2.12. The molecule has 3 aromatic rings. The highest BCUT2D eigenvalue weighted by Crippen LogP contribution is 2.24. The lowest BCUT2D eigenvalue weighted by molar-refractivity contribution is 0.0749. The molecule has 0 bridgehead atoms. The van der Waals surface area contributed by atoms with Crippen LogP contribution in [0, 0.1) is 6.92 Å². The molecule has 0 fully saturated rings. The fourth-order valence-electron chi connectivity index (χ4n) is 2.55. The van der Waals surface area contributed by atoms with Gasteiger partial charge in [0.25, 0.3) is 0 Å². The maximum atomic E-state index is 10.2. The van der Waals surface area contributed by atoms with Gasteiger partial charge in [-0.3, -0.25) is 4.90 Å². The van der Waals surface area contributed by atoms with Crippen LogP contribution in [0.25, 0.3) is 10.9 Å².